The van der Waals surface area contributed by atoms with Crippen LogP contribution in [0.15, 0.2) is 0 Å². The lowest BCUT2D eigenvalue weighted by atomic mass is 10.0. The van der Waals surface area contributed by atoms with Gasteiger partial charge in [-0.25, -0.2) is 0 Å². The molecular weight excluding hydrogens is 238 g/mol. The first-order chi connectivity index (χ1) is 9.19. The largest absolute Gasteiger partial charge is 0.355 e. The SMILES string of the molecule is CCCCNC(=O)C(C)N1CCCC(NCCC)C1. The van der Waals surface area contributed by atoms with E-state index in [0.717, 1.165) is 39.0 Å². The molecule has 1 fully saturated rings. The monoisotopic (exact) mass is 269 g/mol. The second-order valence-corrected chi connectivity index (χ2v) is 5.61. The molecule has 1 heterocycles. The van der Waals surface area contributed by atoms with E-state index in [2.05, 4.69) is 29.4 Å². The standard InChI is InChI=1S/C15H31N3O/c1-4-6-10-17-15(19)13(3)18-11-7-8-14(12-18)16-9-5-2/h13-14,16H,4-12H2,1-3H3,(H,17,19). The van der Waals surface area contributed by atoms with Gasteiger partial charge in [0.1, 0.15) is 0 Å². The highest BCUT2D eigenvalue weighted by molar-refractivity contribution is 5.81. The van der Waals surface area contributed by atoms with E-state index in [9.17, 15) is 4.79 Å². The molecule has 0 aromatic rings. The number of likely N-dealkylation sites (tertiary alicyclic amines) is 1. The number of carbonyl (C=O) groups excluding carboxylic acids is 1. The second kappa shape index (κ2) is 9.32. The molecule has 0 saturated carbocycles. The zero-order valence-electron chi connectivity index (χ0n) is 12.9. The Hall–Kier alpha value is -0.610. The molecule has 0 spiro atoms. The first-order valence-electron chi connectivity index (χ1n) is 7.94. The van der Waals surface area contributed by atoms with E-state index < -0.39 is 0 Å². The minimum atomic E-state index is 0.00285. The van der Waals surface area contributed by atoms with Crippen LogP contribution in [0.5, 0.6) is 0 Å². The molecule has 1 amide bonds. The van der Waals surface area contributed by atoms with Crippen LogP contribution in [0.2, 0.25) is 0 Å². The number of hydrogen-bond donors (Lipinski definition) is 2. The van der Waals surface area contributed by atoms with Crippen molar-refractivity contribution in [2.24, 2.45) is 0 Å². The summed E-state index contributed by atoms with van der Waals surface area (Å²) < 4.78 is 0. The zero-order valence-corrected chi connectivity index (χ0v) is 12.9. The van der Waals surface area contributed by atoms with Crippen LogP contribution < -0.4 is 10.6 Å². The summed E-state index contributed by atoms with van der Waals surface area (Å²) in [5.41, 5.74) is 0. The molecule has 4 nitrogen and oxygen atoms in total. The predicted octanol–water partition coefficient (Wildman–Crippen LogP) is 1.76. The third-order valence-corrected chi connectivity index (χ3v) is 3.89. The summed E-state index contributed by atoms with van der Waals surface area (Å²) in [6, 6.07) is 0.558. The second-order valence-electron chi connectivity index (χ2n) is 5.61. The number of carbonyl (C=O) groups is 1. The highest BCUT2D eigenvalue weighted by atomic mass is 16.2. The molecular formula is C15H31N3O. The number of unbranched alkanes of at least 4 members (excludes halogenated alkanes) is 1. The summed E-state index contributed by atoms with van der Waals surface area (Å²) in [5, 5.41) is 6.61. The molecule has 1 aliphatic heterocycles. The molecule has 1 aliphatic rings. The van der Waals surface area contributed by atoms with Gasteiger partial charge in [0.05, 0.1) is 6.04 Å². The average Bonchev–Trinajstić information content (AvgIpc) is 2.44. The van der Waals surface area contributed by atoms with Crippen molar-refractivity contribution in [1.82, 2.24) is 15.5 Å². The summed E-state index contributed by atoms with van der Waals surface area (Å²) in [6.07, 6.45) is 5.79. The van der Waals surface area contributed by atoms with Gasteiger partial charge in [-0.3, -0.25) is 9.69 Å². The van der Waals surface area contributed by atoms with Gasteiger partial charge in [0, 0.05) is 19.1 Å². The number of amides is 1. The summed E-state index contributed by atoms with van der Waals surface area (Å²) in [5.74, 6) is 0.185. The van der Waals surface area contributed by atoms with E-state index in [-0.39, 0.29) is 11.9 Å². The van der Waals surface area contributed by atoms with Crippen LogP contribution in [0.3, 0.4) is 0 Å². The minimum absolute atomic E-state index is 0.00285. The Labute approximate surface area is 118 Å². The fourth-order valence-electron chi connectivity index (χ4n) is 2.58. The van der Waals surface area contributed by atoms with Crippen LogP contribution in [0.1, 0.15) is 52.9 Å². The zero-order chi connectivity index (χ0) is 14.1. The van der Waals surface area contributed by atoms with Gasteiger partial charge in [-0.2, -0.15) is 0 Å². The van der Waals surface area contributed by atoms with E-state index in [1.165, 1.54) is 19.3 Å². The molecule has 112 valence electrons. The Bertz CT molecular complexity index is 258. The third kappa shape index (κ3) is 5.91. The molecule has 2 N–H and O–H groups in total. The van der Waals surface area contributed by atoms with Crippen molar-refractivity contribution in [2.75, 3.05) is 26.2 Å². The van der Waals surface area contributed by atoms with Crippen molar-refractivity contribution in [2.45, 2.75) is 65.0 Å². The van der Waals surface area contributed by atoms with Crippen LogP contribution in [0, 0.1) is 0 Å². The van der Waals surface area contributed by atoms with Crippen molar-refractivity contribution in [3.63, 3.8) is 0 Å². The minimum Gasteiger partial charge on any atom is -0.355 e. The summed E-state index contributed by atoms with van der Waals surface area (Å²) in [4.78, 5) is 14.4. The molecule has 0 aromatic carbocycles. The highest BCUT2D eigenvalue weighted by Crippen LogP contribution is 2.13. The molecule has 0 aliphatic carbocycles. The Kier molecular flexibility index (Phi) is 8.07. The fourth-order valence-corrected chi connectivity index (χ4v) is 2.58. The molecule has 0 aromatic heterocycles. The maximum Gasteiger partial charge on any atom is 0.237 e. The summed E-state index contributed by atoms with van der Waals surface area (Å²) in [7, 11) is 0. The topological polar surface area (TPSA) is 44.4 Å². The van der Waals surface area contributed by atoms with Crippen molar-refractivity contribution >= 4 is 5.91 Å². The van der Waals surface area contributed by atoms with Gasteiger partial charge in [-0.1, -0.05) is 20.3 Å². The quantitative estimate of drug-likeness (QED) is 0.660. The highest BCUT2D eigenvalue weighted by Gasteiger charge is 2.26. The Morgan fingerprint density at radius 1 is 1.32 bits per heavy atom. The smallest absolute Gasteiger partial charge is 0.237 e. The molecule has 2 unspecified atom stereocenters. The van der Waals surface area contributed by atoms with E-state index in [1.54, 1.807) is 0 Å². The van der Waals surface area contributed by atoms with Crippen LogP contribution >= 0.6 is 0 Å². The predicted molar refractivity (Wildman–Crippen MR) is 80.3 cm³/mol. The van der Waals surface area contributed by atoms with E-state index in [4.69, 9.17) is 0 Å². The van der Waals surface area contributed by atoms with E-state index in [0.29, 0.717) is 6.04 Å². The summed E-state index contributed by atoms with van der Waals surface area (Å²) in [6.45, 7) is 10.3. The van der Waals surface area contributed by atoms with Crippen LogP contribution in [-0.2, 0) is 4.79 Å². The molecule has 19 heavy (non-hydrogen) atoms. The first kappa shape index (κ1) is 16.4. The number of nitrogens with zero attached hydrogens (tertiary/aromatic N) is 1. The lowest BCUT2D eigenvalue weighted by Crippen LogP contribution is -2.53. The van der Waals surface area contributed by atoms with Gasteiger partial charge < -0.3 is 10.6 Å². The Morgan fingerprint density at radius 2 is 2.11 bits per heavy atom. The van der Waals surface area contributed by atoms with Crippen molar-refractivity contribution in [3.8, 4) is 0 Å². The van der Waals surface area contributed by atoms with Crippen LogP contribution in [0.4, 0.5) is 0 Å². The van der Waals surface area contributed by atoms with Gasteiger partial charge in [-0.05, 0) is 45.7 Å². The lowest BCUT2D eigenvalue weighted by molar-refractivity contribution is -0.126. The number of piperidine rings is 1. The number of hydrogen-bond acceptors (Lipinski definition) is 3. The van der Waals surface area contributed by atoms with Gasteiger partial charge >= 0.3 is 0 Å². The normalized spacial score (nSPS) is 22.2. The van der Waals surface area contributed by atoms with Crippen molar-refractivity contribution in [3.05, 3.63) is 0 Å². The maximum absolute atomic E-state index is 12.1. The lowest BCUT2D eigenvalue weighted by Gasteiger charge is -2.36. The number of rotatable bonds is 8. The average molecular weight is 269 g/mol. The van der Waals surface area contributed by atoms with Crippen molar-refractivity contribution in [1.29, 1.82) is 0 Å². The van der Waals surface area contributed by atoms with Crippen molar-refractivity contribution < 1.29 is 4.79 Å². The molecule has 2 atom stereocenters. The summed E-state index contributed by atoms with van der Waals surface area (Å²) >= 11 is 0. The molecule has 4 heteroatoms. The van der Waals surface area contributed by atoms with Gasteiger partial charge in [-0.15, -0.1) is 0 Å². The Balaban J connectivity index is 2.33. The van der Waals surface area contributed by atoms with Gasteiger partial charge in [0.2, 0.25) is 5.91 Å². The molecule has 0 bridgehead atoms. The van der Waals surface area contributed by atoms with Crippen LogP contribution in [0.25, 0.3) is 0 Å². The first-order valence-corrected chi connectivity index (χ1v) is 7.94. The molecule has 1 saturated heterocycles. The van der Waals surface area contributed by atoms with E-state index in [1.807, 2.05) is 6.92 Å². The number of nitrogens with one attached hydrogen (secondary N) is 2. The fraction of sp³-hybridized carbons (Fsp3) is 0.933. The Morgan fingerprint density at radius 3 is 2.79 bits per heavy atom. The maximum atomic E-state index is 12.1. The van der Waals surface area contributed by atoms with E-state index >= 15 is 0 Å². The van der Waals surface area contributed by atoms with Crippen LogP contribution in [-0.4, -0.2) is 49.1 Å². The molecule has 0 radical (unpaired) electrons. The van der Waals surface area contributed by atoms with Gasteiger partial charge in [0.25, 0.3) is 0 Å². The third-order valence-electron chi connectivity index (χ3n) is 3.89. The van der Waals surface area contributed by atoms with Gasteiger partial charge in [0.15, 0.2) is 0 Å². The molecule has 1 rings (SSSR count).